The average molecular weight is 298 g/mol. The third-order valence-electron chi connectivity index (χ3n) is 3.74. The molecule has 2 aliphatic heterocycles. The normalized spacial score (nSPS) is 22.4. The molecule has 2 heterocycles. The number of fused-ring (bicyclic) bond motifs is 1. The number of ether oxygens (including phenoxy) is 3. The van der Waals surface area contributed by atoms with E-state index in [1.54, 1.807) is 0 Å². The summed E-state index contributed by atoms with van der Waals surface area (Å²) in [4.78, 5) is 0. The van der Waals surface area contributed by atoms with Gasteiger partial charge in [0.2, 0.25) is 0 Å². The Labute approximate surface area is 124 Å². The van der Waals surface area contributed by atoms with Crippen molar-refractivity contribution in [2.75, 3.05) is 32.9 Å². The molecule has 5 heteroatoms. The van der Waals surface area contributed by atoms with Crippen LogP contribution in [0.3, 0.4) is 0 Å². The van der Waals surface area contributed by atoms with E-state index in [4.69, 9.17) is 25.8 Å². The number of halogens is 1. The molecular formula is C15H20ClNO3. The maximum Gasteiger partial charge on any atom is 0.180 e. The van der Waals surface area contributed by atoms with E-state index in [2.05, 4.69) is 12.2 Å². The number of morpholine rings is 1. The van der Waals surface area contributed by atoms with Gasteiger partial charge >= 0.3 is 0 Å². The summed E-state index contributed by atoms with van der Waals surface area (Å²) < 4.78 is 17.5. The maximum atomic E-state index is 6.39. The summed E-state index contributed by atoms with van der Waals surface area (Å²) in [5.41, 5.74) is 2.27. The van der Waals surface area contributed by atoms with Crippen LogP contribution in [0, 0.1) is 0 Å². The molecule has 0 aromatic heterocycles. The van der Waals surface area contributed by atoms with E-state index < -0.39 is 0 Å². The van der Waals surface area contributed by atoms with Crippen LogP contribution >= 0.6 is 11.6 Å². The van der Waals surface area contributed by atoms with Crippen molar-refractivity contribution in [3.63, 3.8) is 0 Å². The number of hydrogen-bond donors (Lipinski definition) is 1. The molecule has 0 radical (unpaired) electrons. The molecule has 1 aromatic rings. The van der Waals surface area contributed by atoms with E-state index in [-0.39, 0.29) is 6.10 Å². The summed E-state index contributed by atoms with van der Waals surface area (Å²) in [5.74, 6) is 1.50. The van der Waals surface area contributed by atoms with E-state index in [0.29, 0.717) is 24.0 Å². The molecule has 0 spiro atoms. The van der Waals surface area contributed by atoms with E-state index in [1.807, 2.05) is 6.07 Å². The summed E-state index contributed by atoms with van der Waals surface area (Å²) in [6.45, 7) is 5.87. The summed E-state index contributed by atoms with van der Waals surface area (Å²) in [7, 11) is 0. The van der Waals surface area contributed by atoms with Crippen molar-refractivity contribution in [2.45, 2.75) is 25.9 Å². The first kappa shape index (κ1) is 14.0. The standard InChI is InChI=1S/C15H20ClNO3/c1-2-10-11(13-9-17-4-7-18-13)8-12(16)15-14(10)19-5-3-6-20-15/h8,13,17H,2-7,9H2,1H3. The van der Waals surface area contributed by atoms with Gasteiger partial charge in [-0.3, -0.25) is 0 Å². The summed E-state index contributed by atoms with van der Waals surface area (Å²) in [5, 5.41) is 3.97. The molecule has 0 amide bonds. The SMILES string of the molecule is CCc1c(C2CNCCO2)cc(Cl)c2c1OCCCO2. The van der Waals surface area contributed by atoms with Gasteiger partial charge in [-0.05, 0) is 18.1 Å². The minimum Gasteiger partial charge on any atom is -0.489 e. The van der Waals surface area contributed by atoms with Crippen LogP contribution in [-0.2, 0) is 11.2 Å². The molecule has 4 nitrogen and oxygen atoms in total. The van der Waals surface area contributed by atoms with Gasteiger partial charge in [0.15, 0.2) is 11.5 Å². The van der Waals surface area contributed by atoms with Crippen LogP contribution < -0.4 is 14.8 Å². The van der Waals surface area contributed by atoms with Crippen LogP contribution in [0.1, 0.15) is 30.6 Å². The minimum atomic E-state index is 0.0355. The summed E-state index contributed by atoms with van der Waals surface area (Å²) in [6.07, 6.45) is 1.79. The molecule has 1 saturated heterocycles. The number of nitrogens with one attached hydrogen (secondary N) is 1. The quantitative estimate of drug-likeness (QED) is 0.911. The summed E-state index contributed by atoms with van der Waals surface area (Å²) in [6, 6.07) is 1.98. The Morgan fingerprint density at radius 3 is 2.75 bits per heavy atom. The van der Waals surface area contributed by atoms with E-state index in [9.17, 15) is 0 Å². The van der Waals surface area contributed by atoms with Gasteiger partial charge < -0.3 is 19.5 Å². The Kier molecular flexibility index (Phi) is 4.34. The first-order chi connectivity index (χ1) is 9.81. The van der Waals surface area contributed by atoms with Crippen LogP contribution in [-0.4, -0.2) is 32.9 Å². The van der Waals surface area contributed by atoms with Crippen molar-refractivity contribution >= 4 is 11.6 Å². The highest BCUT2D eigenvalue weighted by Gasteiger charge is 2.26. The third-order valence-corrected chi connectivity index (χ3v) is 4.02. The molecule has 1 atom stereocenters. The first-order valence-corrected chi connectivity index (χ1v) is 7.62. The molecule has 20 heavy (non-hydrogen) atoms. The van der Waals surface area contributed by atoms with Gasteiger partial charge in [0.25, 0.3) is 0 Å². The predicted octanol–water partition coefficient (Wildman–Crippen LogP) is 2.72. The second-order valence-electron chi connectivity index (χ2n) is 5.05. The predicted molar refractivity (Wildman–Crippen MR) is 78.0 cm³/mol. The molecule has 0 saturated carbocycles. The fraction of sp³-hybridized carbons (Fsp3) is 0.600. The van der Waals surface area contributed by atoms with Gasteiger partial charge in [-0.2, -0.15) is 0 Å². The number of rotatable bonds is 2. The lowest BCUT2D eigenvalue weighted by Crippen LogP contribution is -2.33. The van der Waals surface area contributed by atoms with E-state index in [1.165, 1.54) is 0 Å². The van der Waals surface area contributed by atoms with Gasteiger partial charge in [0.1, 0.15) is 0 Å². The lowest BCUT2D eigenvalue weighted by Gasteiger charge is -2.27. The van der Waals surface area contributed by atoms with Crippen molar-refractivity contribution < 1.29 is 14.2 Å². The van der Waals surface area contributed by atoms with Gasteiger partial charge in [-0.25, -0.2) is 0 Å². The fourth-order valence-corrected chi connectivity index (χ4v) is 3.04. The Bertz CT molecular complexity index is 486. The zero-order chi connectivity index (χ0) is 13.9. The van der Waals surface area contributed by atoms with E-state index in [0.717, 1.165) is 49.4 Å². The van der Waals surface area contributed by atoms with Gasteiger partial charge in [0, 0.05) is 25.1 Å². The molecule has 0 aliphatic carbocycles. The molecule has 1 unspecified atom stereocenters. The monoisotopic (exact) mass is 297 g/mol. The second-order valence-corrected chi connectivity index (χ2v) is 5.46. The molecule has 3 rings (SSSR count). The zero-order valence-corrected chi connectivity index (χ0v) is 12.5. The molecule has 0 bridgehead atoms. The van der Waals surface area contributed by atoms with Crippen molar-refractivity contribution in [1.29, 1.82) is 0 Å². The Balaban J connectivity index is 2.05. The minimum absolute atomic E-state index is 0.0355. The fourth-order valence-electron chi connectivity index (χ4n) is 2.78. The van der Waals surface area contributed by atoms with Crippen LogP contribution in [0.25, 0.3) is 0 Å². The van der Waals surface area contributed by atoms with Crippen LogP contribution in [0.4, 0.5) is 0 Å². The number of hydrogen-bond acceptors (Lipinski definition) is 4. The van der Waals surface area contributed by atoms with Crippen molar-refractivity contribution in [2.24, 2.45) is 0 Å². The lowest BCUT2D eigenvalue weighted by molar-refractivity contribution is 0.0270. The molecule has 1 N–H and O–H groups in total. The van der Waals surface area contributed by atoms with Crippen LogP contribution in [0.5, 0.6) is 11.5 Å². The Hall–Kier alpha value is -0.970. The van der Waals surface area contributed by atoms with Crippen molar-refractivity contribution in [1.82, 2.24) is 5.32 Å². The zero-order valence-electron chi connectivity index (χ0n) is 11.7. The van der Waals surface area contributed by atoms with Crippen molar-refractivity contribution in [3.8, 4) is 11.5 Å². The van der Waals surface area contributed by atoms with Gasteiger partial charge in [-0.1, -0.05) is 18.5 Å². The Morgan fingerprint density at radius 2 is 2.05 bits per heavy atom. The highest BCUT2D eigenvalue weighted by molar-refractivity contribution is 6.32. The lowest BCUT2D eigenvalue weighted by atomic mass is 9.98. The van der Waals surface area contributed by atoms with E-state index >= 15 is 0 Å². The van der Waals surface area contributed by atoms with Crippen LogP contribution in [0.2, 0.25) is 5.02 Å². The highest BCUT2D eigenvalue weighted by Crippen LogP contribution is 2.44. The molecule has 1 aromatic carbocycles. The second kappa shape index (κ2) is 6.20. The highest BCUT2D eigenvalue weighted by atomic mass is 35.5. The van der Waals surface area contributed by atoms with Crippen LogP contribution in [0.15, 0.2) is 6.07 Å². The first-order valence-electron chi connectivity index (χ1n) is 7.24. The largest absolute Gasteiger partial charge is 0.489 e. The van der Waals surface area contributed by atoms with Gasteiger partial charge in [0.05, 0.1) is 30.9 Å². The average Bonchev–Trinajstić information content (AvgIpc) is 2.74. The van der Waals surface area contributed by atoms with Crippen molar-refractivity contribution in [3.05, 3.63) is 22.2 Å². The Morgan fingerprint density at radius 1 is 1.25 bits per heavy atom. The molecule has 2 aliphatic rings. The maximum absolute atomic E-state index is 6.39. The molecule has 110 valence electrons. The van der Waals surface area contributed by atoms with Gasteiger partial charge in [-0.15, -0.1) is 0 Å². The third kappa shape index (κ3) is 2.60. The number of benzene rings is 1. The molecule has 1 fully saturated rings. The smallest absolute Gasteiger partial charge is 0.180 e. The molecular weight excluding hydrogens is 278 g/mol. The topological polar surface area (TPSA) is 39.7 Å². The summed E-state index contributed by atoms with van der Waals surface area (Å²) >= 11 is 6.39.